The van der Waals surface area contributed by atoms with Gasteiger partial charge in [0.1, 0.15) is 5.75 Å². The van der Waals surface area contributed by atoms with E-state index in [0.29, 0.717) is 12.0 Å². The van der Waals surface area contributed by atoms with E-state index >= 15 is 0 Å². The molecule has 3 atom stereocenters. The van der Waals surface area contributed by atoms with E-state index in [0.717, 1.165) is 31.4 Å². The second-order valence-corrected chi connectivity index (χ2v) is 7.54. The molecule has 0 fully saturated rings. The van der Waals surface area contributed by atoms with Gasteiger partial charge in [0.05, 0.1) is 6.10 Å². The van der Waals surface area contributed by atoms with Crippen molar-refractivity contribution in [3.63, 3.8) is 0 Å². The molecule has 0 saturated heterocycles. The number of benzene rings is 1. The molecule has 0 heterocycles. The van der Waals surface area contributed by atoms with E-state index in [9.17, 15) is 0 Å². The molecule has 0 bridgehead atoms. The van der Waals surface area contributed by atoms with Crippen LogP contribution in [-0.4, -0.2) is 12.4 Å². The lowest BCUT2D eigenvalue weighted by Crippen LogP contribution is -2.24. The third-order valence-electron chi connectivity index (χ3n) is 4.49. The molecule has 0 N–H and O–H groups in total. The average Bonchev–Trinajstić information content (AvgIpc) is 2.47. The van der Waals surface area contributed by atoms with Gasteiger partial charge >= 0.3 is 0 Å². The standard InChI is InChI=1S/C21H36O2/c1-8-11-18(9-2)22-16(4)23-19-14-12-17(13-15-19)20(10-3)21(5,6)7/h12-16,18,20H,8-11H2,1-7H3. The summed E-state index contributed by atoms with van der Waals surface area (Å²) in [7, 11) is 0. The van der Waals surface area contributed by atoms with Gasteiger partial charge in [0.25, 0.3) is 0 Å². The summed E-state index contributed by atoms with van der Waals surface area (Å²) >= 11 is 0. The summed E-state index contributed by atoms with van der Waals surface area (Å²) in [5, 5.41) is 0. The van der Waals surface area contributed by atoms with Crippen molar-refractivity contribution in [2.24, 2.45) is 5.41 Å². The molecular formula is C21H36O2. The van der Waals surface area contributed by atoms with Crippen molar-refractivity contribution >= 4 is 0 Å². The summed E-state index contributed by atoms with van der Waals surface area (Å²) in [5.41, 5.74) is 1.67. The number of ether oxygens (including phenoxy) is 2. The highest BCUT2D eigenvalue weighted by Crippen LogP contribution is 2.38. The first-order valence-electron chi connectivity index (χ1n) is 9.23. The molecule has 0 saturated carbocycles. The van der Waals surface area contributed by atoms with Gasteiger partial charge in [-0.25, -0.2) is 0 Å². The van der Waals surface area contributed by atoms with Crippen LogP contribution >= 0.6 is 0 Å². The fraction of sp³-hybridized carbons (Fsp3) is 0.714. The average molecular weight is 321 g/mol. The Labute approximate surface area is 143 Å². The third kappa shape index (κ3) is 6.55. The zero-order valence-electron chi connectivity index (χ0n) is 16.2. The molecular weight excluding hydrogens is 284 g/mol. The Hall–Kier alpha value is -1.02. The van der Waals surface area contributed by atoms with Gasteiger partial charge in [-0.2, -0.15) is 0 Å². The Morgan fingerprint density at radius 3 is 2.00 bits per heavy atom. The smallest absolute Gasteiger partial charge is 0.197 e. The molecule has 1 rings (SSSR count). The van der Waals surface area contributed by atoms with Gasteiger partial charge in [-0.3, -0.25) is 0 Å². The summed E-state index contributed by atoms with van der Waals surface area (Å²) in [5.74, 6) is 1.45. The summed E-state index contributed by atoms with van der Waals surface area (Å²) in [6.07, 6.45) is 4.50. The van der Waals surface area contributed by atoms with E-state index < -0.39 is 0 Å². The first-order chi connectivity index (χ1) is 10.8. The minimum Gasteiger partial charge on any atom is -0.465 e. The van der Waals surface area contributed by atoms with Gasteiger partial charge in [-0.15, -0.1) is 0 Å². The van der Waals surface area contributed by atoms with Crippen LogP contribution in [0, 0.1) is 5.41 Å². The van der Waals surface area contributed by atoms with Gasteiger partial charge in [0, 0.05) is 0 Å². The van der Waals surface area contributed by atoms with Gasteiger partial charge < -0.3 is 9.47 Å². The Kier molecular flexibility index (Phi) is 8.11. The van der Waals surface area contributed by atoms with Crippen molar-refractivity contribution in [3.8, 4) is 5.75 Å². The second-order valence-electron chi connectivity index (χ2n) is 7.54. The zero-order valence-corrected chi connectivity index (χ0v) is 16.2. The maximum atomic E-state index is 5.97. The molecule has 0 spiro atoms. The minimum atomic E-state index is -0.207. The predicted molar refractivity (Wildman–Crippen MR) is 99.1 cm³/mol. The maximum absolute atomic E-state index is 5.97. The first kappa shape index (κ1) is 20.0. The van der Waals surface area contributed by atoms with Crippen molar-refractivity contribution in [1.82, 2.24) is 0 Å². The number of rotatable bonds is 9. The van der Waals surface area contributed by atoms with Gasteiger partial charge in [-0.05, 0) is 55.2 Å². The van der Waals surface area contributed by atoms with Gasteiger partial charge in [-0.1, -0.05) is 60.1 Å². The van der Waals surface area contributed by atoms with E-state index in [-0.39, 0.29) is 11.7 Å². The SMILES string of the molecule is CCCC(CC)OC(C)Oc1ccc(C(CC)C(C)(C)C)cc1. The highest BCUT2D eigenvalue weighted by atomic mass is 16.7. The fourth-order valence-corrected chi connectivity index (χ4v) is 3.31. The molecule has 0 aliphatic rings. The minimum absolute atomic E-state index is 0.207. The monoisotopic (exact) mass is 320 g/mol. The van der Waals surface area contributed by atoms with Crippen molar-refractivity contribution in [2.45, 2.75) is 92.5 Å². The molecule has 1 aromatic rings. The first-order valence-corrected chi connectivity index (χ1v) is 9.23. The summed E-state index contributed by atoms with van der Waals surface area (Å²) in [6.45, 7) is 15.5. The fourth-order valence-electron chi connectivity index (χ4n) is 3.31. The van der Waals surface area contributed by atoms with Crippen LogP contribution in [-0.2, 0) is 4.74 Å². The lowest BCUT2D eigenvalue weighted by Gasteiger charge is -2.30. The Morgan fingerprint density at radius 2 is 1.57 bits per heavy atom. The molecule has 1 aromatic carbocycles. The van der Waals surface area contributed by atoms with E-state index in [2.05, 4.69) is 65.8 Å². The highest BCUT2D eigenvalue weighted by Gasteiger charge is 2.24. The molecule has 0 aliphatic carbocycles. The quantitative estimate of drug-likeness (QED) is 0.480. The molecule has 23 heavy (non-hydrogen) atoms. The Bertz CT molecular complexity index is 430. The molecule has 0 aliphatic heterocycles. The predicted octanol–water partition coefficient (Wildman–Crippen LogP) is 6.55. The maximum Gasteiger partial charge on any atom is 0.197 e. The van der Waals surface area contributed by atoms with E-state index in [1.807, 2.05) is 6.92 Å². The third-order valence-corrected chi connectivity index (χ3v) is 4.49. The summed E-state index contributed by atoms with van der Waals surface area (Å²) in [6, 6.07) is 8.55. The van der Waals surface area contributed by atoms with Crippen molar-refractivity contribution < 1.29 is 9.47 Å². The summed E-state index contributed by atoms with van der Waals surface area (Å²) < 4.78 is 11.9. The van der Waals surface area contributed by atoms with Crippen molar-refractivity contribution in [2.75, 3.05) is 0 Å². The van der Waals surface area contributed by atoms with E-state index in [4.69, 9.17) is 9.47 Å². The molecule has 2 nitrogen and oxygen atoms in total. The zero-order chi connectivity index (χ0) is 17.5. The van der Waals surface area contributed by atoms with Crippen LogP contribution in [0.15, 0.2) is 24.3 Å². The van der Waals surface area contributed by atoms with Crippen LogP contribution in [0.25, 0.3) is 0 Å². The highest BCUT2D eigenvalue weighted by molar-refractivity contribution is 5.30. The van der Waals surface area contributed by atoms with Crippen LogP contribution in [0.5, 0.6) is 5.75 Å². The van der Waals surface area contributed by atoms with Crippen LogP contribution < -0.4 is 4.74 Å². The van der Waals surface area contributed by atoms with E-state index in [1.54, 1.807) is 0 Å². The van der Waals surface area contributed by atoms with E-state index in [1.165, 1.54) is 5.56 Å². The van der Waals surface area contributed by atoms with Crippen LogP contribution in [0.1, 0.15) is 85.6 Å². The molecule has 3 unspecified atom stereocenters. The normalized spacial score (nSPS) is 16.0. The lowest BCUT2D eigenvalue weighted by atomic mass is 9.75. The Balaban J connectivity index is 2.66. The van der Waals surface area contributed by atoms with Gasteiger partial charge in [0.15, 0.2) is 6.29 Å². The van der Waals surface area contributed by atoms with Crippen molar-refractivity contribution in [3.05, 3.63) is 29.8 Å². The Morgan fingerprint density at radius 1 is 0.957 bits per heavy atom. The molecule has 132 valence electrons. The van der Waals surface area contributed by atoms with Crippen LogP contribution in [0.3, 0.4) is 0 Å². The van der Waals surface area contributed by atoms with Crippen LogP contribution in [0.4, 0.5) is 0 Å². The molecule has 0 amide bonds. The van der Waals surface area contributed by atoms with Crippen LogP contribution in [0.2, 0.25) is 0 Å². The van der Waals surface area contributed by atoms with Crippen molar-refractivity contribution in [1.29, 1.82) is 0 Å². The largest absolute Gasteiger partial charge is 0.465 e. The number of hydrogen-bond donors (Lipinski definition) is 0. The topological polar surface area (TPSA) is 18.5 Å². The second kappa shape index (κ2) is 9.32. The molecule has 0 aromatic heterocycles. The number of hydrogen-bond acceptors (Lipinski definition) is 2. The molecule has 0 radical (unpaired) electrons. The summed E-state index contributed by atoms with van der Waals surface area (Å²) in [4.78, 5) is 0. The lowest BCUT2D eigenvalue weighted by molar-refractivity contribution is -0.110. The van der Waals surface area contributed by atoms with Gasteiger partial charge in [0.2, 0.25) is 0 Å². The molecule has 2 heteroatoms.